The molecular weight excluding hydrogens is 1270 g/mol. The van der Waals surface area contributed by atoms with Crippen LogP contribution >= 0.6 is 0 Å². The second kappa shape index (κ2) is 43.2. The maximum Gasteiger partial charge on any atom is 0.331 e. The summed E-state index contributed by atoms with van der Waals surface area (Å²) in [6, 6.07) is 0. The summed E-state index contributed by atoms with van der Waals surface area (Å²) in [5, 5.41) is 106. The maximum absolute atomic E-state index is 13.9. The fraction of sp³-hybridized carbons (Fsp3) is 0.821. The van der Waals surface area contributed by atoms with Crippen molar-refractivity contribution >= 4 is 11.9 Å². The van der Waals surface area contributed by atoms with Gasteiger partial charge in [0.2, 0.25) is 0 Å². The maximum atomic E-state index is 13.9. The lowest BCUT2D eigenvalue weighted by atomic mass is 9.78. The molecular formula is C78H132O21. The molecule has 0 aromatic heterocycles. The Labute approximate surface area is 592 Å². The Balaban J connectivity index is 1.37. The van der Waals surface area contributed by atoms with Gasteiger partial charge in [-0.05, 0) is 117 Å². The van der Waals surface area contributed by atoms with Crippen molar-refractivity contribution in [3.63, 3.8) is 0 Å². The van der Waals surface area contributed by atoms with E-state index >= 15 is 0 Å². The highest BCUT2D eigenvalue weighted by molar-refractivity contribution is 5.83. The molecule has 0 spiro atoms. The van der Waals surface area contributed by atoms with Crippen molar-refractivity contribution in [1.29, 1.82) is 0 Å². The molecule has 0 radical (unpaired) electrons. The van der Waals surface area contributed by atoms with Gasteiger partial charge in [0.05, 0.1) is 128 Å². The first kappa shape index (κ1) is 86.3. The van der Waals surface area contributed by atoms with Crippen LogP contribution in [0.4, 0.5) is 0 Å². The molecule has 0 aromatic rings. The molecule has 5 aliphatic heterocycles. The number of rotatable bonds is 16. The van der Waals surface area contributed by atoms with Gasteiger partial charge in [-0.3, -0.25) is 0 Å². The molecule has 21 heteroatoms. The third kappa shape index (κ3) is 28.3. The van der Waals surface area contributed by atoms with E-state index in [-0.39, 0.29) is 93.6 Å². The van der Waals surface area contributed by atoms with Gasteiger partial charge in [-0.25, -0.2) is 9.59 Å². The summed E-state index contributed by atoms with van der Waals surface area (Å²) in [7, 11) is 6.48. The Hall–Kier alpha value is -3.30. The molecule has 0 amide bonds. The average Bonchev–Trinajstić information content (AvgIpc) is 0.855. The number of allylic oxidation sites excluding steroid dienone is 4. The first-order valence-corrected chi connectivity index (χ1v) is 37.1. The lowest BCUT2D eigenvalue weighted by Gasteiger charge is -2.39. The highest BCUT2D eigenvalue weighted by Crippen LogP contribution is 2.37. The zero-order valence-electron chi connectivity index (χ0n) is 62.6. The number of fused-ring (bicyclic) bond motifs is 4. The number of methoxy groups -OCH3 is 4. The van der Waals surface area contributed by atoms with E-state index in [1.807, 2.05) is 78.8 Å². The van der Waals surface area contributed by atoms with E-state index in [0.717, 1.165) is 12.8 Å². The van der Waals surface area contributed by atoms with Crippen molar-refractivity contribution in [2.24, 2.45) is 47.3 Å². The van der Waals surface area contributed by atoms with Crippen molar-refractivity contribution in [1.82, 2.24) is 0 Å². The van der Waals surface area contributed by atoms with E-state index in [4.69, 9.17) is 47.4 Å². The van der Waals surface area contributed by atoms with Crippen LogP contribution in [0.15, 0.2) is 71.9 Å². The number of cyclic esters (lactones) is 2. The van der Waals surface area contributed by atoms with Gasteiger partial charge in [0.15, 0.2) is 0 Å². The second-order valence-corrected chi connectivity index (χ2v) is 30.5. The van der Waals surface area contributed by atoms with Crippen molar-refractivity contribution in [2.45, 2.75) is 333 Å². The Morgan fingerprint density at radius 3 is 1.32 bits per heavy atom. The molecule has 31 atom stereocenters. The molecule has 2 saturated heterocycles. The summed E-state index contributed by atoms with van der Waals surface area (Å²) in [4.78, 5) is 27.8. The quantitative estimate of drug-likeness (QED) is 0.0514. The van der Waals surface area contributed by atoms with Crippen LogP contribution in [0.1, 0.15) is 192 Å². The Bertz CT molecular complexity index is 2520. The molecule has 1 unspecified atom stereocenters. The number of hydrogen-bond acceptors (Lipinski definition) is 21. The summed E-state index contributed by atoms with van der Waals surface area (Å²) in [5.74, 6) is -6.08. The van der Waals surface area contributed by atoms with Gasteiger partial charge in [0.25, 0.3) is 0 Å². The fourth-order valence-electron chi connectivity index (χ4n) is 15.4. The van der Waals surface area contributed by atoms with Crippen LogP contribution in [0.25, 0.3) is 0 Å². The number of aliphatic hydroxyl groups excluding tert-OH is 9. The highest BCUT2D eigenvalue weighted by Gasteiger charge is 2.43. The predicted molar refractivity (Wildman–Crippen MR) is 379 cm³/mol. The Kier molecular flexibility index (Phi) is 37.7. The molecule has 5 aliphatic rings. The van der Waals surface area contributed by atoms with Gasteiger partial charge in [0, 0.05) is 108 Å². The van der Waals surface area contributed by atoms with Gasteiger partial charge in [-0.1, -0.05) is 115 Å². The minimum absolute atomic E-state index is 0.0334. The SMILES string of the molecule is CO[C@@H]1C[C@H](C)O[C@@H](C(O)C[C@H](C)[C@H](O)[C@H](C)[C@H]2OC(=O)/C=C/C(C)=C/C[C@H](O)C[C@H]3C=CC[C@@H](C[C@H](OC)[C@@H](C)[C@@H](O)C[C@@H](O)[C@H](C)[C@@H]([C@@H](C)[C@@H](O)[C@@H](C)CC[C@H]4C[C@H](OC)C[C@H](C)O4)OC(=O)/C=C/C(C)=C/C[C@H](O)C[C@@H]4C=CC[C@@H](C[C@H](OC)[C@@H](C)[C@@H](O)C[C@@H](O)[C@@H]2C)O4)O3)C1. The van der Waals surface area contributed by atoms with Crippen molar-refractivity contribution in [3.8, 4) is 0 Å². The van der Waals surface area contributed by atoms with E-state index in [1.54, 1.807) is 81.3 Å². The summed E-state index contributed by atoms with van der Waals surface area (Å²) >= 11 is 0. The minimum atomic E-state index is -1.22. The Morgan fingerprint density at radius 2 is 0.889 bits per heavy atom. The zero-order valence-corrected chi connectivity index (χ0v) is 62.6. The van der Waals surface area contributed by atoms with Gasteiger partial charge >= 0.3 is 11.9 Å². The molecule has 99 heavy (non-hydrogen) atoms. The molecule has 0 aliphatic carbocycles. The second-order valence-electron chi connectivity index (χ2n) is 30.5. The third-order valence-electron chi connectivity index (χ3n) is 22.3. The van der Waals surface area contributed by atoms with E-state index in [2.05, 4.69) is 0 Å². The molecule has 5 rings (SSSR count). The highest BCUT2D eigenvalue weighted by atomic mass is 16.6. The lowest BCUT2D eigenvalue weighted by Crippen LogP contribution is -2.47. The smallest absolute Gasteiger partial charge is 0.331 e. The van der Waals surface area contributed by atoms with Crippen molar-refractivity contribution in [3.05, 3.63) is 71.9 Å². The molecule has 2 fully saturated rings. The van der Waals surface area contributed by atoms with E-state index in [9.17, 15) is 55.5 Å². The minimum Gasteiger partial charge on any atom is -0.458 e. The normalized spacial score (nSPS) is 41.1. The van der Waals surface area contributed by atoms with Gasteiger partial charge < -0.3 is 93.3 Å². The molecule has 0 saturated carbocycles. The topological polar surface area (TPSA) is 309 Å². The molecule has 4 bridgehead atoms. The molecule has 9 N–H and O–H groups in total. The molecule has 570 valence electrons. The van der Waals surface area contributed by atoms with Crippen LogP contribution in [0.5, 0.6) is 0 Å². The molecule has 21 nitrogen and oxygen atoms in total. The van der Waals surface area contributed by atoms with Crippen molar-refractivity contribution in [2.75, 3.05) is 28.4 Å². The predicted octanol–water partition coefficient (Wildman–Crippen LogP) is 9.08. The number of carbonyl (C=O) groups is 2. The number of ether oxygens (including phenoxy) is 10. The van der Waals surface area contributed by atoms with E-state index in [0.29, 0.717) is 62.5 Å². The number of aliphatic hydroxyl groups is 9. The summed E-state index contributed by atoms with van der Waals surface area (Å²) < 4.78 is 61.1. The van der Waals surface area contributed by atoms with Crippen molar-refractivity contribution < 1.29 is 103 Å². The number of esters is 2. The van der Waals surface area contributed by atoms with Crippen LogP contribution in [-0.2, 0) is 57.0 Å². The molecule has 5 heterocycles. The van der Waals surface area contributed by atoms with Crippen LogP contribution in [0.3, 0.4) is 0 Å². The summed E-state index contributed by atoms with van der Waals surface area (Å²) in [5.41, 5.74) is 1.35. The standard InChI is InChI=1S/C78H132O21/c1-44-23-28-56(79)36-58-20-18-22-61(97-58)40-71(93-16)51(8)66(82)43-68(84)53(10)78(55(12)76(89)47(4)33-69(85)72-41-64(91-14)35-49(6)95-72)99-74(87)32-26-45(2)24-29-57(80)37-59-19-17-21-60(96-59)39-70(92-15)50(7)65(81)42-67(83)52(9)77(98-73(86)31-25-44)54(11)75(88)46(3)27-30-62-38-63(90-13)34-48(5)94-62/h17-20,23-26,31-32,46-72,75-85,88-89H,21-22,27-30,33-43H2,1-16H3/b31-25+,32-26+,44-23+,45-24+/t46-,47-,48-,49-,50-,51-,52-,53-,54-,55-,56-,57-,58-,59+,60-,61-,62-,63+,64+,65-,66-,67+,68+,69?,70-,71-,72+,75-,76-,77-,78-/m0/s1. The average molecular weight is 1410 g/mol. The van der Waals surface area contributed by atoms with Gasteiger partial charge in [-0.15, -0.1) is 0 Å². The van der Waals surface area contributed by atoms with E-state index in [1.165, 1.54) is 12.2 Å². The lowest BCUT2D eigenvalue weighted by molar-refractivity contribution is -0.160. The van der Waals surface area contributed by atoms with Crippen LogP contribution in [-0.4, -0.2) is 227 Å². The zero-order chi connectivity index (χ0) is 73.4. The van der Waals surface area contributed by atoms with Crippen LogP contribution in [0, 0.1) is 47.3 Å². The monoisotopic (exact) mass is 1400 g/mol. The fourth-order valence-corrected chi connectivity index (χ4v) is 15.4. The summed E-state index contributed by atoms with van der Waals surface area (Å²) in [6.45, 7) is 22.1. The number of carbonyl (C=O) groups excluding carboxylic acids is 2. The first-order valence-electron chi connectivity index (χ1n) is 37.1. The van der Waals surface area contributed by atoms with Crippen LogP contribution in [0.2, 0.25) is 0 Å². The van der Waals surface area contributed by atoms with Gasteiger partial charge in [-0.2, -0.15) is 0 Å². The summed E-state index contributed by atoms with van der Waals surface area (Å²) in [6.07, 6.45) is 9.95. The first-order chi connectivity index (χ1) is 46.8. The van der Waals surface area contributed by atoms with Gasteiger partial charge in [0.1, 0.15) is 12.2 Å². The third-order valence-corrected chi connectivity index (χ3v) is 22.3. The Morgan fingerprint density at radius 1 is 0.475 bits per heavy atom. The number of hydrogen-bond donors (Lipinski definition) is 9. The largest absolute Gasteiger partial charge is 0.458 e. The van der Waals surface area contributed by atoms with E-state index < -0.39 is 151 Å². The molecule has 0 aromatic carbocycles. The van der Waals surface area contributed by atoms with Crippen LogP contribution < -0.4 is 0 Å².